The summed E-state index contributed by atoms with van der Waals surface area (Å²) in [7, 11) is 0. The molecule has 0 aliphatic carbocycles. The topological polar surface area (TPSA) is 0 Å². The first-order valence-electron chi connectivity index (χ1n) is 15.9. The molecule has 47 heavy (non-hydrogen) atoms. The van der Waals surface area contributed by atoms with Crippen molar-refractivity contribution in [2.24, 2.45) is 0 Å². The number of benzene rings is 7. The number of fused-ring (bicyclic) bond motifs is 10. The molecule has 2 aliphatic rings. The molecule has 7 aromatic carbocycles. The van der Waals surface area contributed by atoms with Gasteiger partial charge in [0, 0.05) is 59.9 Å². The van der Waals surface area contributed by atoms with Gasteiger partial charge in [0.25, 0.3) is 0 Å². The highest BCUT2D eigenvalue weighted by Crippen LogP contribution is 2.44. The molecule has 0 N–H and O–H groups in total. The Hall–Kier alpha value is -4.26. The molecular weight excluding hydrogens is 644 g/mol. The van der Waals surface area contributed by atoms with E-state index in [0.29, 0.717) is 0 Å². The molecule has 0 saturated carbocycles. The minimum Gasteiger partial charge on any atom is -0.135 e. The van der Waals surface area contributed by atoms with Crippen molar-refractivity contribution in [3.8, 4) is 22.3 Å². The van der Waals surface area contributed by atoms with Crippen LogP contribution in [-0.4, -0.2) is 6.71 Å². The van der Waals surface area contributed by atoms with Crippen LogP contribution in [-0.2, 0) is 0 Å². The maximum atomic E-state index is 2.45. The largest absolute Gasteiger partial charge is 0.247 e. The minimum atomic E-state index is 0.233. The van der Waals surface area contributed by atoms with E-state index in [4.69, 9.17) is 0 Å². The van der Waals surface area contributed by atoms with E-state index in [-0.39, 0.29) is 6.71 Å². The Morgan fingerprint density at radius 2 is 0.851 bits per heavy atom. The quantitative estimate of drug-likeness (QED) is 0.168. The minimum absolute atomic E-state index is 0.233. The number of thiophene rings is 2. The van der Waals surface area contributed by atoms with Crippen molar-refractivity contribution >= 4 is 110 Å². The van der Waals surface area contributed by atoms with E-state index in [0.717, 1.165) is 0 Å². The molecule has 9 aromatic rings. The van der Waals surface area contributed by atoms with Crippen LogP contribution in [0.5, 0.6) is 0 Å². The summed E-state index contributed by atoms with van der Waals surface area (Å²) < 4.78 is 5.45. The molecule has 218 valence electrons. The van der Waals surface area contributed by atoms with Gasteiger partial charge in [-0.15, -0.1) is 22.7 Å². The van der Waals surface area contributed by atoms with Crippen molar-refractivity contribution < 1.29 is 0 Å². The molecule has 0 radical (unpaired) electrons. The van der Waals surface area contributed by atoms with Crippen molar-refractivity contribution in [2.75, 3.05) is 0 Å². The molecule has 4 heterocycles. The standard InChI is InChI=1S/C42H23BS4/c1-3-14-34-28(8-1)30-12-5-10-26(41(30)46-34)24-18-20-32-38(22-24)44-36-16-7-17-37-40(36)43(32)33-21-19-25(23-39(33)45-37)27-11-6-13-31-29-9-2-4-15-35(29)47-42(27)31/h1-23H. The second kappa shape index (κ2) is 10.1. The molecule has 5 heteroatoms. The SMILES string of the molecule is c1cc2c3c(c1)Sc1cc(-c4cccc5c4sc4ccccc45)ccc1B3c1ccc(-c3cccc4c3sc3ccccc34)cc1S2. The van der Waals surface area contributed by atoms with Crippen LogP contribution in [0.3, 0.4) is 0 Å². The van der Waals surface area contributed by atoms with Crippen molar-refractivity contribution in [1.82, 2.24) is 0 Å². The molecule has 0 fully saturated rings. The molecular formula is C42H23BS4. The van der Waals surface area contributed by atoms with Crippen LogP contribution in [0.15, 0.2) is 159 Å². The first-order valence-corrected chi connectivity index (χ1v) is 19.1. The fourth-order valence-corrected chi connectivity index (χ4v) is 12.7. The van der Waals surface area contributed by atoms with Gasteiger partial charge in [0.2, 0.25) is 6.71 Å². The van der Waals surface area contributed by atoms with Gasteiger partial charge in [-0.1, -0.05) is 138 Å². The van der Waals surface area contributed by atoms with Gasteiger partial charge >= 0.3 is 0 Å². The zero-order chi connectivity index (χ0) is 30.6. The van der Waals surface area contributed by atoms with Gasteiger partial charge in [-0.3, -0.25) is 0 Å². The summed E-state index contributed by atoms with van der Waals surface area (Å²) in [5.74, 6) is 0. The van der Waals surface area contributed by atoms with Crippen LogP contribution >= 0.6 is 46.2 Å². The Morgan fingerprint density at radius 3 is 1.38 bits per heavy atom. The lowest BCUT2D eigenvalue weighted by molar-refractivity contribution is 1.33. The van der Waals surface area contributed by atoms with Crippen molar-refractivity contribution in [2.45, 2.75) is 19.6 Å². The zero-order valence-corrected chi connectivity index (χ0v) is 28.3. The lowest BCUT2D eigenvalue weighted by Crippen LogP contribution is -2.57. The number of hydrogen-bond donors (Lipinski definition) is 0. The Bertz CT molecular complexity index is 2580. The summed E-state index contributed by atoms with van der Waals surface area (Å²) in [4.78, 5) is 5.50. The molecule has 2 aliphatic heterocycles. The van der Waals surface area contributed by atoms with Crippen LogP contribution in [0.4, 0.5) is 0 Å². The number of rotatable bonds is 2. The zero-order valence-electron chi connectivity index (χ0n) is 25.0. The smallest absolute Gasteiger partial charge is 0.135 e. The Kier molecular flexibility index (Phi) is 5.77. The highest BCUT2D eigenvalue weighted by molar-refractivity contribution is 8.01. The van der Waals surface area contributed by atoms with Gasteiger partial charge in [0.05, 0.1) is 0 Å². The molecule has 0 nitrogen and oxygen atoms in total. The first-order chi connectivity index (χ1) is 23.3. The third-order valence-electron chi connectivity index (χ3n) is 9.83. The summed E-state index contributed by atoms with van der Waals surface area (Å²) in [6, 6.07) is 52.5. The van der Waals surface area contributed by atoms with Gasteiger partial charge in [-0.2, -0.15) is 0 Å². The summed E-state index contributed by atoms with van der Waals surface area (Å²) in [6.45, 7) is 0.233. The highest BCUT2D eigenvalue weighted by atomic mass is 32.2. The van der Waals surface area contributed by atoms with Gasteiger partial charge in [-0.25, -0.2) is 0 Å². The van der Waals surface area contributed by atoms with Crippen LogP contribution in [0, 0.1) is 0 Å². The van der Waals surface area contributed by atoms with Gasteiger partial charge in [0.1, 0.15) is 0 Å². The molecule has 0 saturated heterocycles. The lowest BCUT2D eigenvalue weighted by atomic mass is 9.36. The lowest BCUT2D eigenvalue weighted by Gasteiger charge is -2.33. The van der Waals surface area contributed by atoms with Gasteiger partial charge in [0.15, 0.2) is 0 Å². The highest BCUT2D eigenvalue weighted by Gasteiger charge is 2.38. The predicted molar refractivity (Wildman–Crippen MR) is 209 cm³/mol. The predicted octanol–water partition coefficient (Wildman–Crippen LogP) is 11.2. The second-order valence-electron chi connectivity index (χ2n) is 12.4. The van der Waals surface area contributed by atoms with Crippen LogP contribution in [0.25, 0.3) is 62.6 Å². The van der Waals surface area contributed by atoms with Crippen molar-refractivity contribution in [3.63, 3.8) is 0 Å². The summed E-state index contributed by atoms with van der Waals surface area (Å²) >= 11 is 7.69. The van der Waals surface area contributed by atoms with E-state index in [9.17, 15) is 0 Å². The molecule has 0 unspecified atom stereocenters. The van der Waals surface area contributed by atoms with Crippen LogP contribution in [0.2, 0.25) is 0 Å². The molecule has 11 rings (SSSR count). The maximum absolute atomic E-state index is 2.45. The summed E-state index contributed by atoms with van der Waals surface area (Å²) in [5, 5.41) is 5.40. The van der Waals surface area contributed by atoms with E-state index in [1.165, 1.54) is 98.6 Å². The third kappa shape index (κ3) is 3.92. The average molecular weight is 667 g/mol. The Balaban J connectivity index is 1.06. The molecule has 0 atom stereocenters. The number of hydrogen-bond acceptors (Lipinski definition) is 4. The monoisotopic (exact) mass is 666 g/mol. The molecule has 0 spiro atoms. The Labute approximate surface area is 289 Å². The summed E-state index contributed by atoms with van der Waals surface area (Å²) in [5.41, 5.74) is 9.56. The fourth-order valence-electron chi connectivity index (χ4n) is 7.71. The molecule has 0 amide bonds. The first kappa shape index (κ1) is 26.8. The van der Waals surface area contributed by atoms with E-state index in [1.54, 1.807) is 0 Å². The van der Waals surface area contributed by atoms with E-state index < -0.39 is 0 Å². The maximum Gasteiger partial charge on any atom is 0.247 e. The fraction of sp³-hybridized carbons (Fsp3) is 0. The van der Waals surface area contributed by atoms with E-state index >= 15 is 0 Å². The van der Waals surface area contributed by atoms with Crippen molar-refractivity contribution in [1.29, 1.82) is 0 Å². The van der Waals surface area contributed by atoms with E-state index in [1.807, 2.05) is 46.2 Å². The van der Waals surface area contributed by atoms with Crippen LogP contribution in [0.1, 0.15) is 0 Å². The van der Waals surface area contributed by atoms with Gasteiger partial charge < -0.3 is 0 Å². The van der Waals surface area contributed by atoms with Crippen LogP contribution < -0.4 is 16.4 Å². The molecule has 2 aromatic heterocycles. The molecule has 0 bridgehead atoms. The van der Waals surface area contributed by atoms with E-state index in [2.05, 4.69) is 140 Å². The normalized spacial score (nSPS) is 13.3. The van der Waals surface area contributed by atoms with Gasteiger partial charge in [-0.05, 0) is 64.1 Å². The average Bonchev–Trinajstić information content (AvgIpc) is 3.70. The third-order valence-corrected chi connectivity index (χ3v) is 14.6. The Morgan fingerprint density at radius 1 is 0.383 bits per heavy atom. The summed E-state index contributed by atoms with van der Waals surface area (Å²) in [6.07, 6.45) is 0. The van der Waals surface area contributed by atoms with Crippen molar-refractivity contribution in [3.05, 3.63) is 140 Å². The second-order valence-corrected chi connectivity index (χ2v) is 16.6.